The van der Waals surface area contributed by atoms with Crippen molar-refractivity contribution in [2.45, 2.75) is 17.8 Å². The van der Waals surface area contributed by atoms with E-state index < -0.39 is 0 Å². The number of morpholine rings is 1. The molecule has 0 amide bonds. The van der Waals surface area contributed by atoms with Crippen LogP contribution in [-0.2, 0) is 11.2 Å². The first-order chi connectivity index (χ1) is 13.7. The Balaban J connectivity index is 1.53. The normalized spacial score (nSPS) is 20.4. The van der Waals surface area contributed by atoms with E-state index in [1.54, 1.807) is 18.9 Å². The molecule has 1 aromatic carbocycles. The van der Waals surface area contributed by atoms with Crippen LogP contribution in [0.2, 0.25) is 0 Å². The predicted octanol–water partition coefficient (Wildman–Crippen LogP) is 2.67. The van der Waals surface area contributed by atoms with Crippen molar-refractivity contribution in [3.05, 3.63) is 64.8 Å². The Bertz CT molecular complexity index is 804. The van der Waals surface area contributed by atoms with Crippen molar-refractivity contribution in [1.29, 1.82) is 0 Å². The second-order valence-corrected chi connectivity index (χ2v) is 7.94. The molecular formula is C21H26N4O2S. The van der Waals surface area contributed by atoms with E-state index in [2.05, 4.69) is 39.9 Å². The minimum absolute atomic E-state index is 0.0856. The Labute approximate surface area is 170 Å². The highest BCUT2D eigenvalue weighted by Gasteiger charge is 2.23. The number of nitrogens with two attached hydrogens (primary N) is 1. The maximum Gasteiger partial charge on any atom is 0.128 e. The molecule has 4 rings (SSSR count). The molecule has 28 heavy (non-hydrogen) atoms. The molecule has 2 aromatic rings. The standard InChI is InChI=1S/C21H26N4O2S/c1-26-17-5-3-16(4-6-17)18(19-14-28-21(22)24-19)12-15-2-7-20(23-13-15)25-8-10-27-11-9-25/h2-7,13-14,18,21,24H,8-12,22H2,1H3. The number of nitrogens with zero attached hydrogens (tertiary/aromatic N) is 2. The minimum atomic E-state index is -0.0856. The quantitative estimate of drug-likeness (QED) is 0.775. The number of methoxy groups -OCH3 is 1. The monoisotopic (exact) mass is 398 g/mol. The zero-order valence-electron chi connectivity index (χ0n) is 16.0. The third kappa shape index (κ3) is 4.43. The molecule has 1 saturated heterocycles. The Morgan fingerprint density at radius 2 is 2.04 bits per heavy atom. The van der Waals surface area contributed by atoms with Crippen LogP contribution in [0.4, 0.5) is 5.82 Å². The number of thioether (sulfide) groups is 1. The smallest absolute Gasteiger partial charge is 0.128 e. The molecule has 1 fully saturated rings. The molecule has 0 bridgehead atoms. The van der Waals surface area contributed by atoms with E-state index in [-0.39, 0.29) is 11.4 Å². The third-order valence-corrected chi connectivity index (χ3v) is 5.93. The van der Waals surface area contributed by atoms with Crippen LogP contribution in [0.25, 0.3) is 0 Å². The lowest BCUT2D eigenvalue weighted by molar-refractivity contribution is 0.122. The Morgan fingerprint density at radius 1 is 1.25 bits per heavy atom. The molecule has 0 aliphatic carbocycles. The summed E-state index contributed by atoms with van der Waals surface area (Å²) in [7, 11) is 1.69. The Morgan fingerprint density at radius 3 is 2.64 bits per heavy atom. The lowest BCUT2D eigenvalue weighted by Crippen LogP contribution is -2.36. The van der Waals surface area contributed by atoms with Crippen molar-refractivity contribution >= 4 is 17.6 Å². The van der Waals surface area contributed by atoms with E-state index in [1.807, 2.05) is 18.3 Å². The van der Waals surface area contributed by atoms with Gasteiger partial charge in [0.25, 0.3) is 0 Å². The average Bonchev–Trinajstić information content (AvgIpc) is 3.19. The van der Waals surface area contributed by atoms with Crippen LogP contribution in [-0.4, -0.2) is 43.9 Å². The number of hydrogen-bond donors (Lipinski definition) is 2. The number of ether oxygens (including phenoxy) is 2. The second-order valence-electron chi connectivity index (χ2n) is 6.93. The van der Waals surface area contributed by atoms with Crippen LogP contribution < -0.4 is 20.7 Å². The first-order valence-electron chi connectivity index (χ1n) is 9.52. The molecule has 3 N–H and O–H groups in total. The first-order valence-corrected chi connectivity index (χ1v) is 10.5. The zero-order valence-corrected chi connectivity index (χ0v) is 16.8. The van der Waals surface area contributed by atoms with Gasteiger partial charge in [-0.2, -0.15) is 0 Å². The summed E-state index contributed by atoms with van der Waals surface area (Å²) in [5.74, 6) is 2.07. The molecule has 3 heterocycles. The van der Waals surface area contributed by atoms with Crippen LogP contribution in [0.5, 0.6) is 5.75 Å². The summed E-state index contributed by atoms with van der Waals surface area (Å²) in [6.45, 7) is 3.32. The molecule has 1 aromatic heterocycles. The van der Waals surface area contributed by atoms with Crippen molar-refractivity contribution in [3.63, 3.8) is 0 Å². The van der Waals surface area contributed by atoms with Crippen LogP contribution in [0, 0.1) is 0 Å². The second kappa shape index (κ2) is 8.86. The van der Waals surface area contributed by atoms with Gasteiger partial charge in [0.2, 0.25) is 0 Å². The number of pyridine rings is 1. The summed E-state index contributed by atoms with van der Waals surface area (Å²) >= 11 is 1.61. The first kappa shape index (κ1) is 19.1. The maximum atomic E-state index is 6.03. The summed E-state index contributed by atoms with van der Waals surface area (Å²) in [6, 6.07) is 12.5. The summed E-state index contributed by atoms with van der Waals surface area (Å²) in [6.07, 6.45) is 2.85. The van der Waals surface area contributed by atoms with E-state index >= 15 is 0 Å². The van der Waals surface area contributed by atoms with Gasteiger partial charge in [-0.25, -0.2) is 4.98 Å². The highest BCUT2D eigenvalue weighted by Crippen LogP contribution is 2.33. The lowest BCUT2D eigenvalue weighted by atomic mass is 9.90. The lowest BCUT2D eigenvalue weighted by Gasteiger charge is -2.28. The minimum Gasteiger partial charge on any atom is -0.497 e. The van der Waals surface area contributed by atoms with Crippen LogP contribution in [0.15, 0.2) is 53.7 Å². The van der Waals surface area contributed by atoms with Gasteiger partial charge >= 0.3 is 0 Å². The van der Waals surface area contributed by atoms with Crippen molar-refractivity contribution in [3.8, 4) is 5.75 Å². The van der Waals surface area contributed by atoms with Gasteiger partial charge in [-0.1, -0.05) is 30.0 Å². The van der Waals surface area contributed by atoms with Gasteiger partial charge in [-0.3, -0.25) is 0 Å². The summed E-state index contributed by atoms with van der Waals surface area (Å²) in [5.41, 5.74) is 9.53. The number of nitrogens with one attached hydrogen (secondary N) is 1. The number of benzene rings is 1. The van der Waals surface area contributed by atoms with E-state index in [9.17, 15) is 0 Å². The Kier molecular flexibility index (Phi) is 6.04. The van der Waals surface area contributed by atoms with Gasteiger partial charge in [0, 0.05) is 30.9 Å². The molecular weight excluding hydrogens is 372 g/mol. The van der Waals surface area contributed by atoms with Gasteiger partial charge in [0.1, 0.15) is 17.1 Å². The topological polar surface area (TPSA) is 72.6 Å². The third-order valence-electron chi connectivity index (χ3n) is 5.13. The zero-order chi connectivity index (χ0) is 19.3. The summed E-state index contributed by atoms with van der Waals surface area (Å²) in [4.78, 5) is 6.97. The van der Waals surface area contributed by atoms with E-state index in [1.165, 1.54) is 11.1 Å². The predicted molar refractivity (Wildman–Crippen MR) is 113 cm³/mol. The summed E-state index contributed by atoms with van der Waals surface area (Å²) < 4.78 is 10.7. The fourth-order valence-corrected chi connectivity index (χ4v) is 4.29. The van der Waals surface area contributed by atoms with Crippen LogP contribution >= 0.6 is 11.8 Å². The fourth-order valence-electron chi connectivity index (χ4n) is 3.56. The largest absolute Gasteiger partial charge is 0.497 e. The van der Waals surface area contributed by atoms with Gasteiger partial charge < -0.3 is 25.4 Å². The van der Waals surface area contributed by atoms with Crippen molar-refractivity contribution < 1.29 is 9.47 Å². The van der Waals surface area contributed by atoms with Crippen LogP contribution in [0.1, 0.15) is 17.0 Å². The molecule has 0 saturated carbocycles. The SMILES string of the molecule is COc1ccc(C(Cc2ccc(N3CCOCC3)nc2)C2=CSC(N)N2)cc1. The van der Waals surface area contributed by atoms with E-state index in [0.717, 1.165) is 50.0 Å². The number of rotatable bonds is 6. The molecule has 2 aliphatic heterocycles. The number of aromatic nitrogens is 1. The fraction of sp³-hybridized carbons (Fsp3) is 0.381. The molecule has 148 valence electrons. The van der Waals surface area contributed by atoms with Gasteiger partial charge in [0.05, 0.1) is 20.3 Å². The summed E-state index contributed by atoms with van der Waals surface area (Å²) in [5, 5.41) is 5.53. The molecule has 0 spiro atoms. The van der Waals surface area contributed by atoms with Gasteiger partial charge in [0.15, 0.2) is 0 Å². The van der Waals surface area contributed by atoms with Crippen molar-refractivity contribution in [2.24, 2.45) is 5.73 Å². The molecule has 0 radical (unpaired) electrons. The van der Waals surface area contributed by atoms with E-state index in [4.69, 9.17) is 20.2 Å². The van der Waals surface area contributed by atoms with Crippen LogP contribution in [0.3, 0.4) is 0 Å². The molecule has 2 aliphatic rings. The van der Waals surface area contributed by atoms with Crippen molar-refractivity contribution in [2.75, 3.05) is 38.3 Å². The number of anilines is 1. The highest BCUT2D eigenvalue weighted by atomic mass is 32.2. The van der Waals surface area contributed by atoms with Gasteiger partial charge in [-0.05, 0) is 41.2 Å². The number of allylic oxidation sites excluding steroid dienone is 1. The van der Waals surface area contributed by atoms with Crippen molar-refractivity contribution in [1.82, 2.24) is 10.3 Å². The molecule has 2 atom stereocenters. The molecule has 2 unspecified atom stereocenters. The maximum absolute atomic E-state index is 6.03. The van der Waals surface area contributed by atoms with Gasteiger partial charge in [-0.15, -0.1) is 0 Å². The molecule has 7 heteroatoms. The molecule has 6 nitrogen and oxygen atoms in total. The highest BCUT2D eigenvalue weighted by molar-refractivity contribution is 8.02. The average molecular weight is 399 g/mol. The van der Waals surface area contributed by atoms with E-state index in [0.29, 0.717) is 0 Å². The Hall–Kier alpha value is -2.22. The number of hydrogen-bond acceptors (Lipinski definition) is 7.